The Balaban J connectivity index is 1.70. The molecule has 4 N–H and O–H groups in total. The number of carbonyl (C=O) groups is 2. The van der Waals surface area contributed by atoms with Gasteiger partial charge in [-0.15, -0.1) is 0 Å². The molecule has 0 atom stereocenters. The summed E-state index contributed by atoms with van der Waals surface area (Å²) in [5.74, 6) is -0.122. The molecule has 24 heavy (non-hydrogen) atoms. The summed E-state index contributed by atoms with van der Waals surface area (Å²) in [6, 6.07) is 12.7. The fourth-order valence-corrected chi connectivity index (χ4v) is 3.06. The molecule has 5 nitrogen and oxygen atoms in total. The van der Waals surface area contributed by atoms with Crippen LogP contribution in [0.1, 0.15) is 39.9 Å². The van der Waals surface area contributed by atoms with E-state index in [1.165, 1.54) is 24.0 Å². The lowest BCUT2D eigenvalue weighted by molar-refractivity contribution is 0.102. The van der Waals surface area contributed by atoms with E-state index in [1.807, 2.05) is 24.3 Å². The van der Waals surface area contributed by atoms with Crippen molar-refractivity contribution in [2.45, 2.75) is 32.2 Å². The minimum absolute atomic E-state index is 0.122. The molecule has 0 radical (unpaired) electrons. The van der Waals surface area contributed by atoms with Crippen molar-refractivity contribution < 1.29 is 9.59 Å². The Morgan fingerprint density at radius 2 is 1.75 bits per heavy atom. The van der Waals surface area contributed by atoms with E-state index >= 15 is 0 Å². The maximum atomic E-state index is 12.5. The maximum Gasteiger partial charge on any atom is 0.312 e. The van der Waals surface area contributed by atoms with Crippen molar-refractivity contribution in [3.8, 4) is 0 Å². The highest BCUT2D eigenvalue weighted by Gasteiger charge is 2.15. The number of fused-ring (bicyclic) bond motifs is 1. The average Bonchev–Trinajstić information content (AvgIpc) is 2.60. The molecule has 2 aromatic carbocycles. The maximum absolute atomic E-state index is 12.5. The molecule has 0 aromatic heterocycles. The first-order chi connectivity index (χ1) is 11.6. The lowest BCUT2D eigenvalue weighted by Gasteiger charge is -2.19. The monoisotopic (exact) mass is 323 g/mol. The number of hydrogen-bond donors (Lipinski definition) is 3. The van der Waals surface area contributed by atoms with Gasteiger partial charge in [0.25, 0.3) is 5.91 Å². The number of urea groups is 1. The van der Waals surface area contributed by atoms with E-state index in [-0.39, 0.29) is 5.91 Å². The second kappa shape index (κ2) is 7.17. The van der Waals surface area contributed by atoms with Crippen LogP contribution in [-0.2, 0) is 19.4 Å². The van der Waals surface area contributed by atoms with Gasteiger partial charge in [0.2, 0.25) is 0 Å². The molecule has 3 amide bonds. The molecule has 0 fully saturated rings. The SMILES string of the molecule is NC(=O)NCc1ccc(C(=O)Nc2cccc3c2CCCC3)cc1. The van der Waals surface area contributed by atoms with Crippen molar-refractivity contribution in [1.82, 2.24) is 5.32 Å². The molecular weight excluding hydrogens is 302 g/mol. The number of nitrogens with two attached hydrogens (primary N) is 1. The number of benzene rings is 2. The highest BCUT2D eigenvalue weighted by molar-refractivity contribution is 6.04. The summed E-state index contributed by atoms with van der Waals surface area (Å²) in [5.41, 5.74) is 10.0. The van der Waals surface area contributed by atoms with Crippen LogP contribution in [0.2, 0.25) is 0 Å². The Kier molecular flexibility index (Phi) is 4.79. The molecule has 0 saturated carbocycles. The smallest absolute Gasteiger partial charge is 0.312 e. The number of primary amides is 1. The van der Waals surface area contributed by atoms with E-state index < -0.39 is 6.03 Å². The predicted molar refractivity (Wildman–Crippen MR) is 93.9 cm³/mol. The third-order valence-electron chi connectivity index (χ3n) is 4.33. The summed E-state index contributed by atoms with van der Waals surface area (Å²) >= 11 is 0. The van der Waals surface area contributed by atoms with Crippen LogP contribution in [0.15, 0.2) is 42.5 Å². The van der Waals surface area contributed by atoms with Gasteiger partial charge in [0.15, 0.2) is 0 Å². The normalized spacial score (nSPS) is 13.0. The highest BCUT2D eigenvalue weighted by atomic mass is 16.2. The largest absolute Gasteiger partial charge is 0.352 e. The van der Waals surface area contributed by atoms with Crippen molar-refractivity contribution >= 4 is 17.6 Å². The van der Waals surface area contributed by atoms with Gasteiger partial charge in [0.05, 0.1) is 0 Å². The number of hydrogen-bond acceptors (Lipinski definition) is 2. The molecule has 0 aliphatic heterocycles. The predicted octanol–water partition coefficient (Wildman–Crippen LogP) is 2.99. The van der Waals surface area contributed by atoms with E-state index in [2.05, 4.69) is 16.7 Å². The quantitative estimate of drug-likeness (QED) is 0.808. The van der Waals surface area contributed by atoms with Crippen molar-refractivity contribution in [2.75, 3.05) is 5.32 Å². The number of nitrogens with one attached hydrogen (secondary N) is 2. The van der Waals surface area contributed by atoms with E-state index in [1.54, 1.807) is 12.1 Å². The second-order valence-corrected chi connectivity index (χ2v) is 6.02. The van der Waals surface area contributed by atoms with Gasteiger partial charge in [-0.3, -0.25) is 4.79 Å². The van der Waals surface area contributed by atoms with Gasteiger partial charge in [-0.05, 0) is 60.6 Å². The van der Waals surface area contributed by atoms with Crippen LogP contribution >= 0.6 is 0 Å². The van der Waals surface area contributed by atoms with Gasteiger partial charge in [0.1, 0.15) is 0 Å². The molecule has 0 heterocycles. The van der Waals surface area contributed by atoms with E-state index in [0.29, 0.717) is 12.1 Å². The number of rotatable bonds is 4. The number of anilines is 1. The summed E-state index contributed by atoms with van der Waals surface area (Å²) in [6.45, 7) is 0.351. The molecule has 2 aromatic rings. The standard InChI is InChI=1S/C19H21N3O2/c20-19(24)21-12-13-8-10-15(11-9-13)18(23)22-17-7-3-5-14-4-1-2-6-16(14)17/h3,5,7-11H,1-2,4,6,12H2,(H,22,23)(H3,20,21,24). The molecule has 5 heteroatoms. The summed E-state index contributed by atoms with van der Waals surface area (Å²) in [7, 11) is 0. The Morgan fingerprint density at radius 1 is 1.00 bits per heavy atom. The summed E-state index contributed by atoms with van der Waals surface area (Å²) in [6.07, 6.45) is 4.48. The Hall–Kier alpha value is -2.82. The van der Waals surface area contributed by atoms with Crippen LogP contribution in [0.3, 0.4) is 0 Å². The minimum Gasteiger partial charge on any atom is -0.352 e. The van der Waals surface area contributed by atoms with E-state index in [0.717, 1.165) is 24.1 Å². The summed E-state index contributed by atoms with van der Waals surface area (Å²) in [4.78, 5) is 23.2. The van der Waals surface area contributed by atoms with Crippen LogP contribution in [-0.4, -0.2) is 11.9 Å². The average molecular weight is 323 g/mol. The van der Waals surface area contributed by atoms with Gasteiger partial charge in [-0.1, -0.05) is 24.3 Å². The molecule has 1 aliphatic carbocycles. The topological polar surface area (TPSA) is 84.2 Å². The van der Waals surface area contributed by atoms with Crippen molar-refractivity contribution in [3.05, 3.63) is 64.7 Å². The minimum atomic E-state index is -0.564. The second-order valence-electron chi connectivity index (χ2n) is 6.02. The van der Waals surface area contributed by atoms with Crippen molar-refractivity contribution in [3.63, 3.8) is 0 Å². The van der Waals surface area contributed by atoms with Crippen LogP contribution in [0.4, 0.5) is 10.5 Å². The first-order valence-electron chi connectivity index (χ1n) is 8.18. The fraction of sp³-hybridized carbons (Fsp3) is 0.263. The molecule has 0 bridgehead atoms. The number of amides is 3. The van der Waals surface area contributed by atoms with Crippen LogP contribution in [0.5, 0.6) is 0 Å². The number of aryl methyl sites for hydroxylation is 1. The lowest BCUT2D eigenvalue weighted by Crippen LogP contribution is -2.28. The van der Waals surface area contributed by atoms with E-state index in [4.69, 9.17) is 5.73 Å². The first kappa shape index (κ1) is 16.1. The molecular formula is C19H21N3O2. The third-order valence-corrected chi connectivity index (χ3v) is 4.33. The van der Waals surface area contributed by atoms with Gasteiger partial charge in [-0.2, -0.15) is 0 Å². The van der Waals surface area contributed by atoms with E-state index in [9.17, 15) is 9.59 Å². The molecule has 124 valence electrons. The van der Waals surface area contributed by atoms with Gasteiger partial charge >= 0.3 is 6.03 Å². The van der Waals surface area contributed by atoms with Crippen LogP contribution in [0.25, 0.3) is 0 Å². The Morgan fingerprint density at radius 3 is 2.50 bits per heavy atom. The van der Waals surface area contributed by atoms with Crippen LogP contribution < -0.4 is 16.4 Å². The summed E-state index contributed by atoms with van der Waals surface area (Å²) < 4.78 is 0. The van der Waals surface area contributed by atoms with Crippen molar-refractivity contribution in [1.29, 1.82) is 0 Å². The zero-order valence-electron chi connectivity index (χ0n) is 13.5. The van der Waals surface area contributed by atoms with Gasteiger partial charge in [0, 0.05) is 17.8 Å². The number of carbonyl (C=O) groups excluding carboxylic acids is 2. The molecule has 0 spiro atoms. The Labute approximate surface area is 141 Å². The van der Waals surface area contributed by atoms with Crippen molar-refractivity contribution in [2.24, 2.45) is 5.73 Å². The zero-order chi connectivity index (χ0) is 16.9. The third kappa shape index (κ3) is 3.74. The highest BCUT2D eigenvalue weighted by Crippen LogP contribution is 2.28. The molecule has 0 saturated heterocycles. The van der Waals surface area contributed by atoms with Crippen LogP contribution in [0, 0.1) is 0 Å². The molecule has 1 aliphatic rings. The first-order valence-corrected chi connectivity index (χ1v) is 8.18. The molecule has 3 rings (SSSR count). The fourth-order valence-electron chi connectivity index (χ4n) is 3.06. The summed E-state index contributed by atoms with van der Waals surface area (Å²) in [5, 5.41) is 5.55. The van der Waals surface area contributed by atoms with Gasteiger partial charge in [-0.25, -0.2) is 4.79 Å². The van der Waals surface area contributed by atoms with Gasteiger partial charge < -0.3 is 16.4 Å². The molecule has 0 unspecified atom stereocenters. The zero-order valence-corrected chi connectivity index (χ0v) is 13.5. The Bertz CT molecular complexity index is 754. The lowest BCUT2D eigenvalue weighted by atomic mass is 9.90.